The molecule has 0 aliphatic carbocycles. The van der Waals surface area contributed by atoms with E-state index in [-0.39, 0.29) is 35.1 Å². The standard InChI is InChI=1S/C7H14O2.2CH3.Bi.H/c1-4-5-9-7(8)6(2)3;;;;/h6H,4-5H2,1-3H3;2*1H3;;. The fourth-order valence-electron chi connectivity index (χ4n) is 0.369. The maximum atomic E-state index is 10.7. The van der Waals surface area contributed by atoms with Crippen LogP contribution in [0.2, 0.25) is 9.26 Å². The fourth-order valence-corrected chi connectivity index (χ4v) is 0.369. The van der Waals surface area contributed by atoms with Crippen molar-refractivity contribution in [3.8, 4) is 0 Å². The van der Waals surface area contributed by atoms with E-state index in [0.29, 0.717) is 6.61 Å². The molecule has 0 rings (SSSR count). The molecule has 0 aliphatic rings. The topological polar surface area (TPSA) is 26.3 Å². The van der Waals surface area contributed by atoms with Crippen LogP contribution in [0, 0.1) is 5.92 Å². The van der Waals surface area contributed by atoms with Gasteiger partial charge < -0.3 is 4.74 Å². The van der Waals surface area contributed by atoms with Gasteiger partial charge in [0.05, 0.1) is 12.5 Å². The molecule has 0 fully saturated rings. The van der Waals surface area contributed by atoms with Crippen molar-refractivity contribution in [2.75, 3.05) is 6.61 Å². The molecule has 0 aromatic rings. The van der Waals surface area contributed by atoms with Crippen molar-refractivity contribution in [3.63, 3.8) is 0 Å². The molecule has 0 bridgehead atoms. The van der Waals surface area contributed by atoms with Gasteiger partial charge in [0, 0.05) is 0 Å². The van der Waals surface area contributed by atoms with Gasteiger partial charge >= 0.3 is 38.5 Å². The zero-order valence-corrected chi connectivity index (χ0v) is 12.7. The molecule has 0 aliphatic heterocycles. The predicted molar refractivity (Wildman–Crippen MR) is 55.0 cm³/mol. The van der Waals surface area contributed by atoms with Crippen LogP contribution in [-0.2, 0) is 9.53 Å². The Bertz CT molecular complexity index is 103. The minimum absolute atomic E-state index is 0.0107. The van der Waals surface area contributed by atoms with Crippen molar-refractivity contribution in [3.05, 3.63) is 0 Å². The molecule has 2 nitrogen and oxygen atoms in total. The van der Waals surface area contributed by atoms with Gasteiger partial charge in [-0.05, 0) is 6.42 Å². The van der Waals surface area contributed by atoms with Gasteiger partial charge in [-0.25, -0.2) is 0 Å². The second-order valence-corrected chi connectivity index (χ2v) is 6.71. The Morgan fingerprint density at radius 2 is 1.83 bits per heavy atom. The molecule has 0 spiro atoms. The van der Waals surface area contributed by atoms with Gasteiger partial charge in [0.1, 0.15) is 0 Å². The van der Waals surface area contributed by atoms with Gasteiger partial charge in [-0.2, -0.15) is 0 Å². The predicted octanol–water partition coefficient (Wildman–Crippen LogP) is 2.11. The van der Waals surface area contributed by atoms with Gasteiger partial charge in [-0.15, -0.1) is 0 Å². The first kappa shape index (κ1) is 14.9. The Morgan fingerprint density at radius 3 is 2.08 bits per heavy atom. The molecule has 12 heavy (non-hydrogen) atoms. The molecular weight excluding hydrogens is 349 g/mol. The molecular formula is C9H21BiO2. The molecule has 0 unspecified atom stereocenters. The molecule has 0 aromatic carbocycles. The summed E-state index contributed by atoms with van der Waals surface area (Å²) in [5.41, 5.74) is 0. The molecule has 0 aromatic heterocycles. The average Bonchev–Trinajstić information content (AvgIpc) is 2.01. The summed E-state index contributed by atoms with van der Waals surface area (Å²) in [6.07, 6.45) is 0.901. The van der Waals surface area contributed by atoms with Crippen LogP contribution < -0.4 is 0 Å². The van der Waals surface area contributed by atoms with Crippen molar-refractivity contribution in [2.45, 2.75) is 36.5 Å². The van der Waals surface area contributed by atoms with E-state index in [2.05, 4.69) is 9.26 Å². The third-order valence-corrected chi connectivity index (χ3v) is 0.920. The van der Waals surface area contributed by atoms with Gasteiger partial charge in [0.25, 0.3) is 0 Å². The summed E-state index contributed by atoms with van der Waals surface area (Å²) in [5.74, 6) is -0.0894. The van der Waals surface area contributed by atoms with E-state index in [1.807, 2.05) is 20.8 Å². The van der Waals surface area contributed by atoms with Crippen molar-refractivity contribution >= 4 is 29.2 Å². The number of ether oxygens (including phenoxy) is 1. The normalized spacial score (nSPS) is 8.83. The molecule has 0 N–H and O–H groups in total. The Kier molecular flexibility index (Phi) is 14.1. The van der Waals surface area contributed by atoms with Crippen LogP contribution in [0.5, 0.6) is 0 Å². The number of hydrogen-bond donors (Lipinski definition) is 0. The summed E-state index contributed by atoms with van der Waals surface area (Å²) in [4.78, 5) is 10.7. The first-order valence-electron chi connectivity index (χ1n) is 4.35. The molecule has 74 valence electrons. The molecule has 0 radical (unpaired) electrons. The molecule has 0 saturated carbocycles. The molecule has 3 heteroatoms. The third-order valence-electron chi connectivity index (χ3n) is 0.920. The quantitative estimate of drug-likeness (QED) is 0.562. The van der Waals surface area contributed by atoms with Gasteiger partial charge in [0.15, 0.2) is 0 Å². The van der Waals surface area contributed by atoms with E-state index in [0.717, 1.165) is 6.42 Å². The molecule has 0 amide bonds. The van der Waals surface area contributed by atoms with Gasteiger partial charge in [-0.1, -0.05) is 20.8 Å². The minimum atomic E-state index is -0.100. The second-order valence-electron chi connectivity index (χ2n) is 2.82. The van der Waals surface area contributed by atoms with Crippen LogP contribution in [0.1, 0.15) is 27.2 Å². The van der Waals surface area contributed by atoms with E-state index in [9.17, 15) is 4.79 Å². The van der Waals surface area contributed by atoms with Gasteiger partial charge in [-0.3, -0.25) is 4.79 Å². The number of hydrogen-bond acceptors (Lipinski definition) is 2. The summed E-state index contributed by atoms with van der Waals surface area (Å²) in [6, 6.07) is 0. The number of esters is 1. The van der Waals surface area contributed by atoms with Crippen LogP contribution >= 0.6 is 0 Å². The van der Waals surface area contributed by atoms with Crippen molar-refractivity contribution in [1.82, 2.24) is 0 Å². The Labute approximate surface area is 87.6 Å². The summed E-state index contributed by atoms with van der Waals surface area (Å²) in [5, 5.41) is 0. The van der Waals surface area contributed by atoms with Crippen molar-refractivity contribution < 1.29 is 9.53 Å². The molecule has 0 heterocycles. The maximum absolute atomic E-state index is 10.7. The third kappa shape index (κ3) is 13.0. The van der Waals surface area contributed by atoms with Crippen molar-refractivity contribution in [2.24, 2.45) is 5.92 Å². The van der Waals surface area contributed by atoms with E-state index < -0.39 is 0 Å². The summed E-state index contributed by atoms with van der Waals surface area (Å²) in [6.45, 7) is 6.20. The first-order valence-corrected chi connectivity index (χ1v) is 12.1. The number of rotatable bonds is 3. The van der Waals surface area contributed by atoms with Crippen LogP contribution in [0.3, 0.4) is 0 Å². The zero-order chi connectivity index (χ0) is 9.98. The Balaban J connectivity index is 0. The van der Waals surface area contributed by atoms with Crippen LogP contribution in [0.15, 0.2) is 0 Å². The SMILES string of the molecule is CCCOC(=O)C(C)C.[CH3][BiH][CH3]. The molecule has 0 saturated heterocycles. The fraction of sp³-hybridized carbons (Fsp3) is 0.889. The average molecular weight is 370 g/mol. The Morgan fingerprint density at radius 1 is 1.42 bits per heavy atom. The van der Waals surface area contributed by atoms with Crippen LogP contribution in [-0.4, -0.2) is 35.8 Å². The number of carbonyl (C=O) groups is 1. The Hall–Kier alpha value is 0.353. The number of carbonyl (C=O) groups excluding carboxylic acids is 1. The summed E-state index contributed by atoms with van der Waals surface area (Å²) in [7, 11) is 0. The van der Waals surface area contributed by atoms with Gasteiger partial charge in [0.2, 0.25) is 0 Å². The van der Waals surface area contributed by atoms with Crippen LogP contribution in [0.4, 0.5) is 0 Å². The zero-order valence-electron chi connectivity index (χ0n) is 8.81. The van der Waals surface area contributed by atoms with E-state index in [1.54, 1.807) is 0 Å². The van der Waals surface area contributed by atoms with E-state index in [1.165, 1.54) is 0 Å². The monoisotopic (exact) mass is 370 g/mol. The van der Waals surface area contributed by atoms with E-state index >= 15 is 0 Å². The first-order chi connectivity index (χ1) is 5.59. The summed E-state index contributed by atoms with van der Waals surface area (Å²) < 4.78 is 9.45. The van der Waals surface area contributed by atoms with Crippen LogP contribution in [0.25, 0.3) is 0 Å². The summed E-state index contributed by atoms with van der Waals surface area (Å²) >= 11 is 0.0833. The van der Waals surface area contributed by atoms with Crippen molar-refractivity contribution in [1.29, 1.82) is 0 Å². The second kappa shape index (κ2) is 11.4. The van der Waals surface area contributed by atoms with E-state index in [4.69, 9.17) is 4.74 Å². The molecule has 0 atom stereocenters.